The molecular weight excluding hydrogens is 362 g/mol. The Morgan fingerprint density at radius 3 is 2.74 bits per heavy atom. The number of hydrogen-bond donors (Lipinski definition) is 2. The predicted octanol–water partition coefficient (Wildman–Crippen LogP) is 2.83. The Bertz CT molecular complexity index is 1140. The molecule has 138 valence electrons. The topological polar surface area (TPSA) is 80.2 Å². The number of carbonyl (C=O) groups is 1. The van der Waals surface area contributed by atoms with E-state index in [1.165, 1.54) is 18.2 Å². The summed E-state index contributed by atoms with van der Waals surface area (Å²) in [5.41, 5.74) is 1.97. The minimum atomic E-state index is -3.76. The molecule has 0 fully saturated rings. The van der Waals surface area contributed by atoms with E-state index in [9.17, 15) is 13.2 Å². The molecule has 0 spiro atoms. The number of carbonyl (C=O) groups excluding carboxylic acids is 1. The van der Waals surface area contributed by atoms with Crippen molar-refractivity contribution in [1.29, 1.82) is 0 Å². The molecule has 0 saturated heterocycles. The second-order valence-corrected chi connectivity index (χ2v) is 7.65. The van der Waals surface area contributed by atoms with Crippen molar-refractivity contribution in [2.75, 3.05) is 11.9 Å². The third-order valence-corrected chi connectivity index (χ3v) is 5.54. The number of fused-ring (bicyclic) bond motifs is 1. The lowest BCUT2D eigenvalue weighted by Crippen LogP contribution is -2.24. The zero-order valence-electron chi connectivity index (χ0n) is 14.8. The minimum absolute atomic E-state index is 0.0131. The van der Waals surface area contributed by atoms with Crippen molar-refractivity contribution in [3.05, 3.63) is 60.3 Å². The van der Waals surface area contributed by atoms with Crippen molar-refractivity contribution in [3.63, 3.8) is 0 Å². The summed E-state index contributed by atoms with van der Waals surface area (Å²) in [6.07, 6.45) is 7.08. The predicted molar refractivity (Wildman–Crippen MR) is 106 cm³/mol. The van der Waals surface area contributed by atoms with Crippen LogP contribution in [-0.2, 0) is 16.6 Å². The maximum Gasteiger partial charge on any atom is 0.255 e. The van der Waals surface area contributed by atoms with Gasteiger partial charge in [0.25, 0.3) is 5.91 Å². The van der Waals surface area contributed by atoms with Crippen molar-refractivity contribution < 1.29 is 13.2 Å². The molecule has 1 aromatic heterocycles. The van der Waals surface area contributed by atoms with Crippen LogP contribution in [0.4, 0.5) is 5.69 Å². The number of aryl methyl sites for hydroxylation is 1. The zero-order valence-corrected chi connectivity index (χ0v) is 15.6. The van der Waals surface area contributed by atoms with Crippen LogP contribution in [0.2, 0.25) is 0 Å². The molecule has 7 heteroatoms. The molecule has 2 N–H and O–H groups in total. The molecule has 3 aromatic rings. The van der Waals surface area contributed by atoms with Gasteiger partial charge in [-0.25, -0.2) is 8.42 Å². The summed E-state index contributed by atoms with van der Waals surface area (Å²) in [7, 11) is -3.76. The third kappa shape index (κ3) is 4.03. The van der Waals surface area contributed by atoms with E-state index in [-0.39, 0.29) is 17.0 Å². The van der Waals surface area contributed by atoms with Crippen LogP contribution in [0, 0.1) is 12.3 Å². The zero-order chi connectivity index (χ0) is 19.4. The van der Waals surface area contributed by atoms with Gasteiger partial charge in [0.2, 0.25) is 10.0 Å². The Morgan fingerprint density at radius 1 is 1.19 bits per heavy atom. The average molecular weight is 381 g/mol. The number of hydrogen-bond acceptors (Lipinski definition) is 3. The average Bonchev–Trinajstić information content (AvgIpc) is 3.09. The lowest BCUT2D eigenvalue weighted by atomic mass is 10.2. The largest absolute Gasteiger partial charge is 0.348 e. The van der Waals surface area contributed by atoms with Crippen LogP contribution in [0.5, 0.6) is 0 Å². The van der Waals surface area contributed by atoms with Gasteiger partial charge in [-0.05, 0) is 49.4 Å². The van der Waals surface area contributed by atoms with Gasteiger partial charge in [0.1, 0.15) is 0 Å². The number of nitrogens with zero attached hydrogens (tertiary/aromatic N) is 1. The molecule has 6 nitrogen and oxygen atoms in total. The van der Waals surface area contributed by atoms with Crippen LogP contribution in [0.3, 0.4) is 0 Å². The van der Waals surface area contributed by atoms with E-state index in [4.69, 9.17) is 6.42 Å². The number of rotatable bonds is 6. The summed E-state index contributed by atoms with van der Waals surface area (Å²) in [6, 6.07) is 13.4. The number of amides is 1. The fourth-order valence-corrected chi connectivity index (χ4v) is 3.76. The van der Waals surface area contributed by atoms with Gasteiger partial charge in [-0.1, -0.05) is 12.0 Å². The molecule has 0 bridgehead atoms. The van der Waals surface area contributed by atoms with Crippen molar-refractivity contribution >= 4 is 32.5 Å². The number of anilines is 1. The molecule has 27 heavy (non-hydrogen) atoms. The van der Waals surface area contributed by atoms with Gasteiger partial charge in [0.05, 0.1) is 11.4 Å². The maximum atomic E-state index is 12.5. The van der Waals surface area contributed by atoms with E-state index in [1.807, 2.05) is 30.5 Å². The van der Waals surface area contributed by atoms with Crippen LogP contribution in [0.25, 0.3) is 10.9 Å². The highest BCUT2D eigenvalue weighted by molar-refractivity contribution is 7.89. The number of aromatic nitrogens is 1. The molecule has 0 aliphatic carbocycles. The molecule has 1 heterocycles. The van der Waals surface area contributed by atoms with E-state index >= 15 is 0 Å². The Hall–Kier alpha value is -3.08. The molecule has 1 amide bonds. The number of terminal acetylenes is 1. The summed E-state index contributed by atoms with van der Waals surface area (Å²) in [4.78, 5) is 12.5. The van der Waals surface area contributed by atoms with Crippen LogP contribution in [0.15, 0.2) is 59.6 Å². The van der Waals surface area contributed by atoms with Gasteiger partial charge in [-0.15, -0.1) is 6.42 Å². The summed E-state index contributed by atoms with van der Waals surface area (Å²) in [6.45, 7) is 2.81. The highest BCUT2D eigenvalue weighted by Gasteiger charge is 2.16. The van der Waals surface area contributed by atoms with Crippen LogP contribution >= 0.6 is 0 Å². The standard InChI is InChI=1S/C20H19N3O3S/c1-3-11-21-27(25,26)18-7-5-6-16(14-18)20(24)22-17-8-9-19-15(13-17)10-12-23(19)4-2/h1,5-10,12-14,21H,4,11H2,2H3,(H,22,24). The Balaban J connectivity index is 1.82. The number of sulfonamides is 1. The van der Waals surface area contributed by atoms with Crippen molar-refractivity contribution in [2.45, 2.75) is 18.4 Å². The molecule has 0 atom stereocenters. The number of benzene rings is 2. The highest BCUT2D eigenvalue weighted by Crippen LogP contribution is 2.21. The Kier molecular flexibility index (Phi) is 5.31. The normalized spacial score (nSPS) is 11.3. The van der Waals surface area contributed by atoms with E-state index in [1.54, 1.807) is 6.07 Å². The molecule has 0 saturated carbocycles. The highest BCUT2D eigenvalue weighted by atomic mass is 32.2. The molecule has 0 unspecified atom stereocenters. The summed E-state index contributed by atoms with van der Waals surface area (Å²) in [5.74, 6) is 1.82. The monoisotopic (exact) mass is 381 g/mol. The summed E-state index contributed by atoms with van der Waals surface area (Å²) >= 11 is 0. The van der Waals surface area contributed by atoms with Crippen molar-refractivity contribution in [2.24, 2.45) is 0 Å². The van der Waals surface area contributed by atoms with Gasteiger partial charge in [0.15, 0.2) is 0 Å². The first-order chi connectivity index (χ1) is 12.9. The van der Waals surface area contributed by atoms with Crippen LogP contribution < -0.4 is 10.0 Å². The van der Waals surface area contributed by atoms with Gasteiger partial charge in [-0.2, -0.15) is 4.72 Å². The van der Waals surface area contributed by atoms with Crippen LogP contribution in [-0.4, -0.2) is 25.4 Å². The molecule has 3 rings (SSSR count). The second-order valence-electron chi connectivity index (χ2n) is 5.89. The first-order valence-corrected chi connectivity index (χ1v) is 9.86. The lowest BCUT2D eigenvalue weighted by Gasteiger charge is -2.09. The molecular formula is C20H19N3O3S. The first kappa shape index (κ1) is 18.7. The van der Waals surface area contributed by atoms with E-state index in [0.717, 1.165) is 17.4 Å². The van der Waals surface area contributed by atoms with Crippen LogP contribution in [0.1, 0.15) is 17.3 Å². The second kappa shape index (κ2) is 7.66. The lowest BCUT2D eigenvalue weighted by molar-refractivity contribution is 0.102. The van der Waals surface area contributed by atoms with E-state index in [2.05, 4.69) is 27.5 Å². The third-order valence-electron chi connectivity index (χ3n) is 4.14. The first-order valence-electron chi connectivity index (χ1n) is 8.38. The Morgan fingerprint density at radius 2 is 2.00 bits per heavy atom. The van der Waals surface area contributed by atoms with E-state index < -0.39 is 15.9 Å². The summed E-state index contributed by atoms with van der Waals surface area (Å²) < 4.78 is 28.7. The molecule has 0 aliphatic rings. The van der Waals surface area contributed by atoms with Crippen molar-refractivity contribution in [1.82, 2.24) is 9.29 Å². The van der Waals surface area contributed by atoms with E-state index in [0.29, 0.717) is 5.69 Å². The van der Waals surface area contributed by atoms with Gasteiger partial charge < -0.3 is 9.88 Å². The fourth-order valence-electron chi connectivity index (χ4n) is 2.78. The number of nitrogens with one attached hydrogen (secondary N) is 2. The summed E-state index contributed by atoms with van der Waals surface area (Å²) in [5, 5.41) is 3.82. The minimum Gasteiger partial charge on any atom is -0.348 e. The maximum absolute atomic E-state index is 12.5. The molecule has 2 aromatic carbocycles. The smallest absolute Gasteiger partial charge is 0.255 e. The van der Waals surface area contributed by atoms with Crippen molar-refractivity contribution in [3.8, 4) is 12.3 Å². The molecule has 0 aliphatic heterocycles. The SMILES string of the molecule is C#CCNS(=O)(=O)c1cccc(C(=O)Nc2ccc3c(ccn3CC)c2)c1. The quantitative estimate of drug-likeness (QED) is 0.645. The van der Waals surface area contributed by atoms with Gasteiger partial charge in [-0.3, -0.25) is 4.79 Å². The fraction of sp³-hybridized carbons (Fsp3) is 0.150. The van der Waals surface area contributed by atoms with Gasteiger partial charge >= 0.3 is 0 Å². The molecule has 0 radical (unpaired) electrons. The Labute approximate surface area is 158 Å². The van der Waals surface area contributed by atoms with Gasteiger partial charge in [0, 0.05) is 34.9 Å².